The van der Waals surface area contributed by atoms with Crippen LogP contribution in [0.15, 0.2) is 71.6 Å². The highest BCUT2D eigenvalue weighted by molar-refractivity contribution is 7.92. The number of carbonyl (C=O) groups excluding carboxylic acids is 1. The topological polar surface area (TPSA) is 84.5 Å². The Balaban J connectivity index is 1.65. The third-order valence-corrected chi connectivity index (χ3v) is 6.08. The third-order valence-electron chi connectivity index (χ3n) is 4.68. The predicted molar refractivity (Wildman–Crippen MR) is 119 cm³/mol. The first kappa shape index (κ1) is 26.9. The fraction of sp³-hybridized carbons (Fsp3) is 0.174. The van der Waals surface area contributed by atoms with Crippen molar-refractivity contribution in [1.82, 2.24) is 0 Å². The SMILES string of the molecule is Cc1ccc(NS(=O)(=O)c2ccc(OCC(=O)Nc3cc(C(F)(F)F)cc(C(F)(F)F)c3)cc2)cc1. The minimum absolute atomic E-state index is 0.0412. The zero-order chi connectivity index (χ0) is 26.7. The van der Waals surface area contributed by atoms with Crippen molar-refractivity contribution < 1.29 is 44.3 Å². The van der Waals surface area contributed by atoms with Gasteiger partial charge in [0, 0.05) is 11.4 Å². The molecule has 36 heavy (non-hydrogen) atoms. The number of ether oxygens (including phenoxy) is 1. The van der Waals surface area contributed by atoms with Crippen molar-refractivity contribution in [3.63, 3.8) is 0 Å². The number of halogens is 6. The Hall–Kier alpha value is -3.74. The molecule has 0 saturated heterocycles. The van der Waals surface area contributed by atoms with Crippen LogP contribution in [0.2, 0.25) is 0 Å². The lowest BCUT2D eigenvalue weighted by atomic mass is 10.1. The average Bonchev–Trinajstić information content (AvgIpc) is 2.78. The van der Waals surface area contributed by atoms with E-state index < -0.39 is 51.7 Å². The van der Waals surface area contributed by atoms with Crippen LogP contribution < -0.4 is 14.8 Å². The second-order valence-electron chi connectivity index (χ2n) is 7.57. The van der Waals surface area contributed by atoms with Crippen molar-refractivity contribution in [3.05, 3.63) is 83.4 Å². The van der Waals surface area contributed by atoms with E-state index in [2.05, 4.69) is 4.72 Å². The fourth-order valence-electron chi connectivity index (χ4n) is 2.92. The Kier molecular flexibility index (Phi) is 7.53. The molecule has 0 atom stereocenters. The number of amides is 1. The minimum atomic E-state index is -5.06. The van der Waals surface area contributed by atoms with E-state index in [1.807, 2.05) is 12.2 Å². The Morgan fingerprint density at radius 2 is 1.33 bits per heavy atom. The lowest BCUT2D eigenvalue weighted by Gasteiger charge is -2.15. The molecule has 0 heterocycles. The van der Waals surface area contributed by atoms with Crippen molar-refractivity contribution in [2.75, 3.05) is 16.6 Å². The lowest BCUT2D eigenvalue weighted by molar-refractivity contribution is -0.143. The molecule has 2 N–H and O–H groups in total. The Morgan fingerprint density at radius 1 is 0.806 bits per heavy atom. The summed E-state index contributed by atoms with van der Waals surface area (Å²) in [4.78, 5) is 11.9. The molecule has 0 radical (unpaired) electrons. The van der Waals surface area contributed by atoms with Gasteiger partial charge in [-0.1, -0.05) is 17.7 Å². The van der Waals surface area contributed by atoms with Crippen molar-refractivity contribution in [1.29, 1.82) is 0 Å². The fourth-order valence-corrected chi connectivity index (χ4v) is 3.98. The van der Waals surface area contributed by atoms with Gasteiger partial charge in [-0.2, -0.15) is 26.3 Å². The summed E-state index contributed by atoms with van der Waals surface area (Å²) >= 11 is 0. The highest BCUT2D eigenvalue weighted by atomic mass is 32.2. The van der Waals surface area contributed by atoms with E-state index in [1.54, 1.807) is 24.3 Å². The van der Waals surface area contributed by atoms with E-state index in [9.17, 15) is 39.6 Å². The molecular weight excluding hydrogens is 514 g/mol. The molecule has 0 fully saturated rings. The molecule has 0 saturated carbocycles. The molecule has 0 unspecified atom stereocenters. The van der Waals surface area contributed by atoms with Crippen LogP contribution in [0, 0.1) is 6.92 Å². The summed E-state index contributed by atoms with van der Waals surface area (Å²) in [5.74, 6) is -0.986. The third kappa shape index (κ3) is 7.13. The highest BCUT2D eigenvalue weighted by Crippen LogP contribution is 2.37. The minimum Gasteiger partial charge on any atom is -0.484 e. The quantitative estimate of drug-likeness (QED) is 0.374. The summed E-state index contributed by atoms with van der Waals surface area (Å²) in [7, 11) is -3.92. The smallest absolute Gasteiger partial charge is 0.416 e. The molecule has 0 spiro atoms. The number of benzene rings is 3. The number of carbonyl (C=O) groups is 1. The van der Waals surface area contributed by atoms with Crippen LogP contribution in [0.5, 0.6) is 5.75 Å². The molecule has 0 aliphatic heterocycles. The van der Waals surface area contributed by atoms with E-state index in [0.29, 0.717) is 17.8 Å². The Bertz CT molecular complexity index is 1300. The van der Waals surface area contributed by atoms with Crippen LogP contribution in [-0.4, -0.2) is 20.9 Å². The van der Waals surface area contributed by atoms with Crippen LogP contribution in [0.4, 0.5) is 37.7 Å². The molecule has 6 nitrogen and oxygen atoms in total. The van der Waals surface area contributed by atoms with E-state index >= 15 is 0 Å². The second-order valence-corrected chi connectivity index (χ2v) is 9.26. The number of anilines is 2. The van der Waals surface area contributed by atoms with Gasteiger partial charge in [-0.05, 0) is 61.5 Å². The second kappa shape index (κ2) is 10.1. The molecule has 1 amide bonds. The summed E-state index contributed by atoms with van der Waals surface area (Å²) < 4.78 is 110. The summed E-state index contributed by atoms with van der Waals surface area (Å²) in [6, 6.07) is 12.2. The van der Waals surface area contributed by atoms with Gasteiger partial charge in [-0.3, -0.25) is 9.52 Å². The largest absolute Gasteiger partial charge is 0.484 e. The van der Waals surface area contributed by atoms with Gasteiger partial charge in [-0.15, -0.1) is 0 Å². The van der Waals surface area contributed by atoms with E-state index in [4.69, 9.17) is 4.74 Å². The van der Waals surface area contributed by atoms with E-state index in [1.165, 1.54) is 24.3 Å². The number of hydrogen-bond donors (Lipinski definition) is 2. The van der Waals surface area contributed by atoms with Gasteiger partial charge >= 0.3 is 12.4 Å². The van der Waals surface area contributed by atoms with Crippen LogP contribution >= 0.6 is 0 Å². The molecule has 0 aliphatic rings. The van der Waals surface area contributed by atoms with Crippen LogP contribution in [0.1, 0.15) is 16.7 Å². The normalized spacial score (nSPS) is 12.2. The van der Waals surface area contributed by atoms with E-state index in [0.717, 1.165) is 5.56 Å². The first-order valence-corrected chi connectivity index (χ1v) is 11.5. The Labute approximate surface area is 201 Å². The van der Waals surface area contributed by atoms with Crippen LogP contribution in [0.3, 0.4) is 0 Å². The molecule has 3 rings (SSSR count). The van der Waals surface area contributed by atoms with Gasteiger partial charge in [0.1, 0.15) is 5.75 Å². The zero-order valence-corrected chi connectivity index (χ0v) is 19.2. The maximum absolute atomic E-state index is 12.9. The maximum atomic E-state index is 12.9. The molecule has 0 aromatic heterocycles. The standard InChI is InChI=1S/C23H18F6N2O4S/c1-14-2-4-17(5-3-14)31-36(33,34)20-8-6-19(7-9-20)35-13-21(32)30-18-11-15(22(24,25)26)10-16(12-18)23(27,28)29/h2-12,31H,13H2,1H3,(H,30,32). The highest BCUT2D eigenvalue weighted by Gasteiger charge is 2.37. The van der Waals surface area contributed by atoms with Crippen molar-refractivity contribution in [2.45, 2.75) is 24.2 Å². The summed E-state index contributed by atoms with van der Waals surface area (Å²) in [5.41, 5.74) is -2.58. The van der Waals surface area contributed by atoms with Crippen LogP contribution in [-0.2, 0) is 27.2 Å². The number of alkyl halides is 6. The van der Waals surface area contributed by atoms with Gasteiger partial charge in [0.05, 0.1) is 16.0 Å². The average molecular weight is 532 g/mol. The molecular formula is C23H18F6N2O4S. The molecule has 192 valence electrons. The number of sulfonamides is 1. The van der Waals surface area contributed by atoms with E-state index in [-0.39, 0.29) is 16.7 Å². The van der Waals surface area contributed by atoms with Gasteiger partial charge in [0.15, 0.2) is 6.61 Å². The van der Waals surface area contributed by atoms with Gasteiger partial charge in [-0.25, -0.2) is 8.42 Å². The van der Waals surface area contributed by atoms with Gasteiger partial charge in [0.25, 0.3) is 15.9 Å². The van der Waals surface area contributed by atoms with Crippen molar-refractivity contribution in [3.8, 4) is 5.75 Å². The number of aryl methyl sites for hydroxylation is 1. The van der Waals surface area contributed by atoms with Crippen LogP contribution in [0.25, 0.3) is 0 Å². The summed E-state index contributed by atoms with van der Waals surface area (Å²) in [6.07, 6.45) is -10.1. The monoisotopic (exact) mass is 532 g/mol. The van der Waals surface area contributed by atoms with Gasteiger partial charge in [0.2, 0.25) is 0 Å². The lowest BCUT2D eigenvalue weighted by Crippen LogP contribution is -2.21. The first-order valence-electron chi connectivity index (χ1n) is 10.1. The number of hydrogen-bond acceptors (Lipinski definition) is 4. The molecule has 3 aromatic rings. The molecule has 13 heteroatoms. The van der Waals surface area contributed by atoms with Gasteiger partial charge < -0.3 is 10.1 Å². The zero-order valence-electron chi connectivity index (χ0n) is 18.4. The Morgan fingerprint density at radius 3 is 1.83 bits per heavy atom. The maximum Gasteiger partial charge on any atom is 0.416 e. The summed E-state index contributed by atoms with van der Waals surface area (Å²) in [6.45, 7) is 1.09. The van der Waals surface area contributed by atoms with Crippen molar-refractivity contribution in [2.24, 2.45) is 0 Å². The predicted octanol–water partition coefficient (Wildman–Crippen LogP) is 5.85. The molecule has 3 aromatic carbocycles. The summed E-state index contributed by atoms with van der Waals surface area (Å²) in [5, 5.41) is 1.93. The van der Waals surface area contributed by atoms with Crippen molar-refractivity contribution >= 4 is 27.3 Å². The number of nitrogens with one attached hydrogen (secondary N) is 2. The number of rotatable bonds is 7. The molecule has 0 aliphatic carbocycles. The molecule has 0 bridgehead atoms. The first-order chi connectivity index (χ1) is 16.6.